The van der Waals surface area contributed by atoms with Crippen LogP contribution in [0, 0.1) is 11.8 Å². The van der Waals surface area contributed by atoms with Gasteiger partial charge in [0.25, 0.3) is 0 Å². The van der Waals surface area contributed by atoms with E-state index in [-0.39, 0.29) is 10.8 Å². The van der Waals surface area contributed by atoms with Crippen LogP contribution < -0.4 is 0 Å². The highest BCUT2D eigenvalue weighted by Crippen LogP contribution is 2.56. The summed E-state index contributed by atoms with van der Waals surface area (Å²) < 4.78 is 0. The standard InChI is InChI=1S/C29H34/c1-28(2,3)19-11-14-22-23-15-12-20(29(4,5)6)17-26(23)27(25(22)16-19)24-13-10-18-8-7-9-21(18)24/h7-9,11-12,14-17,21,24,27H,10,13H2,1-6H3. The summed E-state index contributed by atoms with van der Waals surface area (Å²) in [4.78, 5) is 0. The quantitative estimate of drug-likeness (QED) is 0.470. The Balaban J connectivity index is 1.70. The van der Waals surface area contributed by atoms with Gasteiger partial charge in [0.15, 0.2) is 0 Å². The van der Waals surface area contributed by atoms with Gasteiger partial charge >= 0.3 is 0 Å². The Kier molecular flexibility index (Phi) is 4.05. The smallest absolute Gasteiger partial charge is 0.0139 e. The van der Waals surface area contributed by atoms with Crippen LogP contribution in [0.5, 0.6) is 0 Å². The second-order valence-electron chi connectivity index (χ2n) is 11.4. The van der Waals surface area contributed by atoms with Crippen molar-refractivity contribution in [3.05, 3.63) is 82.5 Å². The van der Waals surface area contributed by atoms with Crippen LogP contribution in [-0.2, 0) is 10.8 Å². The first-order valence-electron chi connectivity index (χ1n) is 11.3. The van der Waals surface area contributed by atoms with E-state index in [1.165, 1.54) is 35.1 Å². The van der Waals surface area contributed by atoms with Gasteiger partial charge in [0.2, 0.25) is 0 Å². The molecule has 0 amide bonds. The maximum absolute atomic E-state index is 2.54. The van der Waals surface area contributed by atoms with E-state index < -0.39 is 0 Å². The molecule has 5 rings (SSSR count). The topological polar surface area (TPSA) is 0 Å². The molecule has 2 unspecified atom stereocenters. The van der Waals surface area contributed by atoms with Crippen LogP contribution in [0.1, 0.15) is 82.6 Å². The SMILES string of the molecule is CC(C)(C)c1ccc2c(c1)C(C1CCC3=CC=CC31)c1cc(C(C)(C)C)ccc1-2. The minimum atomic E-state index is 0.179. The van der Waals surface area contributed by atoms with Crippen LogP contribution in [0.3, 0.4) is 0 Å². The maximum atomic E-state index is 2.54. The first-order chi connectivity index (χ1) is 13.6. The minimum absolute atomic E-state index is 0.179. The molecular formula is C29H34. The lowest BCUT2D eigenvalue weighted by molar-refractivity contribution is 0.433. The van der Waals surface area contributed by atoms with E-state index >= 15 is 0 Å². The Hall–Kier alpha value is -2.08. The second-order valence-corrected chi connectivity index (χ2v) is 11.4. The van der Waals surface area contributed by atoms with Crippen LogP contribution in [-0.4, -0.2) is 0 Å². The molecule has 0 nitrogen and oxygen atoms in total. The van der Waals surface area contributed by atoms with Gasteiger partial charge in [-0.25, -0.2) is 0 Å². The van der Waals surface area contributed by atoms with Crippen molar-refractivity contribution in [1.82, 2.24) is 0 Å². The Morgan fingerprint density at radius 1 is 0.759 bits per heavy atom. The Bertz CT molecular complexity index is 969. The number of hydrogen-bond donors (Lipinski definition) is 0. The summed E-state index contributed by atoms with van der Waals surface area (Å²) in [7, 11) is 0. The van der Waals surface area contributed by atoms with E-state index in [0.717, 1.165) is 0 Å². The first-order valence-corrected chi connectivity index (χ1v) is 11.3. The van der Waals surface area contributed by atoms with Crippen molar-refractivity contribution in [3.63, 3.8) is 0 Å². The molecule has 0 bridgehead atoms. The number of fused-ring (bicyclic) bond motifs is 4. The molecule has 2 aromatic carbocycles. The highest BCUT2D eigenvalue weighted by molar-refractivity contribution is 5.80. The number of benzene rings is 2. The van der Waals surface area contributed by atoms with Gasteiger partial charge in [-0.2, -0.15) is 0 Å². The fourth-order valence-corrected chi connectivity index (χ4v) is 5.78. The molecule has 3 aliphatic rings. The Morgan fingerprint density at radius 2 is 1.31 bits per heavy atom. The second kappa shape index (κ2) is 6.21. The molecule has 0 saturated heterocycles. The van der Waals surface area contributed by atoms with Crippen molar-refractivity contribution in [1.29, 1.82) is 0 Å². The molecule has 0 heterocycles. The lowest BCUT2D eigenvalue weighted by Gasteiger charge is -2.28. The summed E-state index contributed by atoms with van der Waals surface area (Å²) in [5, 5.41) is 0. The van der Waals surface area contributed by atoms with Gasteiger partial charge in [-0.05, 0) is 63.0 Å². The molecule has 1 saturated carbocycles. The van der Waals surface area contributed by atoms with Gasteiger partial charge in [0, 0.05) is 11.8 Å². The monoisotopic (exact) mass is 382 g/mol. The first kappa shape index (κ1) is 18.9. The fourth-order valence-electron chi connectivity index (χ4n) is 5.78. The molecule has 0 aromatic heterocycles. The van der Waals surface area contributed by atoms with Crippen LogP contribution in [0.25, 0.3) is 11.1 Å². The van der Waals surface area contributed by atoms with E-state index in [1.807, 2.05) is 0 Å². The van der Waals surface area contributed by atoms with Crippen molar-refractivity contribution in [3.8, 4) is 11.1 Å². The summed E-state index contributed by atoms with van der Waals surface area (Å²) >= 11 is 0. The molecule has 2 aromatic rings. The third-order valence-electron chi connectivity index (χ3n) is 7.51. The molecule has 29 heavy (non-hydrogen) atoms. The fraction of sp³-hybridized carbons (Fsp3) is 0.448. The molecule has 3 aliphatic carbocycles. The zero-order valence-electron chi connectivity index (χ0n) is 18.8. The third-order valence-corrected chi connectivity index (χ3v) is 7.51. The highest BCUT2D eigenvalue weighted by Gasteiger charge is 2.42. The predicted molar refractivity (Wildman–Crippen MR) is 125 cm³/mol. The highest BCUT2D eigenvalue weighted by atomic mass is 14.5. The minimum Gasteiger partial charge on any atom is -0.0770 e. The van der Waals surface area contributed by atoms with Gasteiger partial charge in [0.05, 0.1) is 0 Å². The largest absolute Gasteiger partial charge is 0.0770 e. The summed E-state index contributed by atoms with van der Waals surface area (Å²) in [5.41, 5.74) is 11.0. The van der Waals surface area contributed by atoms with E-state index in [2.05, 4.69) is 96.2 Å². The molecule has 150 valence electrons. The van der Waals surface area contributed by atoms with E-state index in [4.69, 9.17) is 0 Å². The van der Waals surface area contributed by atoms with E-state index in [9.17, 15) is 0 Å². The van der Waals surface area contributed by atoms with E-state index in [0.29, 0.717) is 17.8 Å². The zero-order chi connectivity index (χ0) is 20.6. The summed E-state index contributed by atoms with van der Waals surface area (Å²) in [5.74, 6) is 1.84. The third kappa shape index (κ3) is 2.95. The van der Waals surface area contributed by atoms with Crippen LogP contribution in [0.4, 0.5) is 0 Å². The van der Waals surface area contributed by atoms with Crippen molar-refractivity contribution in [2.75, 3.05) is 0 Å². The number of rotatable bonds is 1. The molecule has 0 N–H and O–H groups in total. The van der Waals surface area contributed by atoms with Gasteiger partial charge in [-0.1, -0.05) is 102 Å². The molecule has 1 fully saturated rings. The Morgan fingerprint density at radius 3 is 1.83 bits per heavy atom. The number of allylic oxidation sites excluding steroid dienone is 4. The maximum Gasteiger partial charge on any atom is 0.0139 e. The van der Waals surface area contributed by atoms with Gasteiger partial charge in [-0.3, -0.25) is 0 Å². The summed E-state index contributed by atoms with van der Waals surface area (Å²) in [6.45, 7) is 14.0. The predicted octanol–water partition coefficient (Wildman–Crippen LogP) is 7.92. The molecule has 0 radical (unpaired) electrons. The van der Waals surface area contributed by atoms with Crippen molar-refractivity contribution >= 4 is 0 Å². The van der Waals surface area contributed by atoms with Crippen LogP contribution in [0.2, 0.25) is 0 Å². The van der Waals surface area contributed by atoms with Crippen LogP contribution >= 0.6 is 0 Å². The molecular weight excluding hydrogens is 348 g/mol. The molecule has 2 atom stereocenters. The van der Waals surface area contributed by atoms with Crippen LogP contribution in [0.15, 0.2) is 60.2 Å². The summed E-state index contributed by atoms with van der Waals surface area (Å²) in [6.07, 6.45) is 9.70. The summed E-state index contributed by atoms with van der Waals surface area (Å²) in [6, 6.07) is 14.6. The normalized spacial score (nSPS) is 23.2. The van der Waals surface area contributed by atoms with Crippen molar-refractivity contribution < 1.29 is 0 Å². The Labute approximate surface area is 176 Å². The van der Waals surface area contributed by atoms with Gasteiger partial charge < -0.3 is 0 Å². The number of hydrogen-bond acceptors (Lipinski definition) is 0. The molecule has 0 spiro atoms. The lowest BCUT2D eigenvalue weighted by Crippen LogP contribution is -2.18. The van der Waals surface area contributed by atoms with E-state index in [1.54, 1.807) is 16.7 Å². The molecule has 0 aliphatic heterocycles. The lowest BCUT2D eigenvalue weighted by atomic mass is 9.75. The van der Waals surface area contributed by atoms with Crippen molar-refractivity contribution in [2.24, 2.45) is 11.8 Å². The van der Waals surface area contributed by atoms with Gasteiger partial charge in [-0.15, -0.1) is 0 Å². The van der Waals surface area contributed by atoms with Gasteiger partial charge in [0.1, 0.15) is 0 Å². The van der Waals surface area contributed by atoms with Crippen molar-refractivity contribution in [2.45, 2.75) is 71.1 Å². The zero-order valence-corrected chi connectivity index (χ0v) is 18.8. The average molecular weight is 383 g/mol. The average Bonchev–Trinajstić information content (AvgIpc) is 3.32. The molecule has 0 heteroatoms.